The highest BCUT2D eigenvalue weighted by atomic mass is 19.3. The van der Waals surface area contributed by atoms with Crippen molar-refractivity contribution < 1.29 is 22.0 Å². The Morgan fingerprint density at radius 1 is 1.11 bits per heavy atom. The van der Waals surface area contributed by atoms with Crippen LogP contribution in [-0.2, 0) is 5.54 Å². The molecule has 0 aliphatic heterocycles. The number of halogens is 4. The van der Waals surface area contributed by atoms with Crippen molar-refractivity contribution in [2.45, 2.75) is 31.0 Å². The minimum absolute atomic E-state index is 0.0838. The van der Waals surface area contributed by atoms with Crippen molar-refractivity contribution >= 4 is 5.95 Å². The van der Waals surface area contributed by atoms with Crippen LogP contribution in [0.25, 0.3) is 11.5 Å². The lowest BCUT2D eigenvalue weighted by atomic mass is 9.70. The van der Waals surface area contributed by atoms with Crippen LogP contribution in [0.2, 0.25) is 0 Å². The molecule has 0 unspecified atom stereocenters. The summed E-state index contributed by atoms with van der Waals surface area (Å²) in [6, 6.07) is 6.13. The summed E-state index contributed by atoms with van der Waals surface area (Å²) in [5.41, 5.74) is -0.360. The molecule has 0 amide bonds. The zero-order valence-corrected chi connectivity index (χ0v) is 13.7. The highest BCUT2D eigenvalue weighted by molar-refractivity contribution is 5.51. The molecule has 1 aliphatic rings. The van der Waals surface area contributed by atoms with Gasteiger partial charge in [0.15, 0.2) is 0 Å². The van der Waals surface area contributed by atoms with E-state index in [-0.39, 0.29) is 30.2 Å². The molecule has 6 nitrogen and oxygen atoms in total. The molecule has 10 heteroatoms. The molecular formula is C17H13F4N5O. The molecule has 0 radical (unpaired) electrons. The summed E-state index contributed by atoms with van der Waals surface area (Å²) < 4.78 is 57.7. The predicted octanol–water partition coefficient (Wildman–Crippen LogP) is 4.04. The van der Waals surface area contributed by atoms with Crippen molar-refractivity contribution in [1.82, 2.24) is 20.2 Å². The average Bonchev–Trinajstić information content (AvgIpc) is 3.12. The molecule has 0 bridgehead atoms. The van der Waals surface area contributed by atoms with E-state index in [9.17, 15) is 17.6 Å². The number of aromatic nitrogens is 4. The van der Waals surface area contributed by atoms with Gasteiger partial charge in [-0.15, -0.1) is 10.2 Å². The summed E-state index contributed by atoms with van der Waals surface area (Å²) in [7, 11) is 0. The lowest BCUT2D eigenvalue weighted by Gasteiger charge is -2.45. The fourth-order valence-electron chi connectivity index (χ4n) is 3.09. The van der Waals surface area contributed by atoms with Crippen LogP contribution >= 0.6 is 0 Å². The second kappa shape index (κ2) is 6.60. The molecule has 27 heavy (non-hydrogen) atoms. The molecular weight excluding hydrogens is 366 g/mol. The molecule has 1 aliphatic carbocycles. The van der Waals surface area contributed by atoms with Crippen LogP contribution < -0.4 is 5.32 Å². The van der Waals surface area contributed by atoms with Gasteiger partial charge >= 0.3 is 6.43 Å². The van der Waals surface area contributed by atoms with Crippen LogP contribution in [0.1, 0.15) is 30.7 Å². The van der Waals surface area contributed by atoms with Crippen LogP contribution in [0, 0.1) is 5.82 Å². The van der Waals surface area contributed by atoms with Gasteiger partial charge in [0, 0.05) is 30.8 Å². The van der Waals surface area contributed by atoms with Gasteiger partial charge in [-0.3, -0.25) is 0 Å². The first-order chi connectivity index (χ1) is 13.0. The summed E-state index contributed by atoms with van der Waals surface area (Å²) in [4.78, 5) is 8.15. The second-order valence-corrected chi connectivity index (χ2v) is 6.23. The highest BCUT2D eigenvalue weighted by Crippen LogP contribution is 2.46. The van der Waals surface area contributed by atoms with Gasteiger partial charge in [0.2, 0.25) is 5.95 Å². The fraction of sp³-hybridized carbons (Fsp3) is 0.294. The molecule has 1 N–H and O–H groups in total. The number of anilines is 1. The maximum atomic E-state index is 14.2. The van der Waals surface area contributed by atoms with Crippen molar-refractivity contribution in [3.63, 3.8) is 0 Å². The zero-order valence-electron chi connectivity index (χ0n) is 13.7. The molecule has 4 rings (SSSR count). The Kier molecular flexibility index (Phi) is 4.25. The third kappa shape index (κ3) is 3.22. The second-order valence-electron chi connectivity index (χ2n) is 6.23. The first-order valence-corrected chi connectivity index (χ1v) is 8.08. The average molecular weight is 379 g/mol. The zero-order chi connectivity index (χ0) is 19.0. The monoisotopic (exact) mass is 379 g/mol. The van der Waals surface area contributed by atoms with Crippen molar-refractivity contribution in [2.24, 2.45) is 0 Å². The van der Waals surface area contributed by atoms with E-state index < -0.39 is 29.8 Å². The quantitative estimate of drug-likeness (QED) is 0.674. The van der Waals surface area contributed by atoms with Crippen LogP contribution in [-0.4, -0.2) is 26.3 Å². The van der Waals surface area contributed by atoms with Gasteiger partial charge in [-0.2, -0.15) is 8.78 Å². The van der Waals surface area contributed by atoms with Crippen molar-refractivity contribution in [3.05, 3.63) is 53.9 Å². The first-order valence-electron chi connectivity index (χ1n) is 8.08. The van der Waals surface area contributed by atoms with Gasteiger partial charge in [0.1, 0.15) is 12.0 Å². The van der Waals surface area contributed by atoms with Gasteiger partial charge in [-0.25, -0.2) is 18.7 Å². The predicted molar refractivity (Wildman–Crippen MR) is 86.1 cm³/mol. The molecule has 2 heterocycles. The van der Waals surface area contributed by atoms with Crippen molar-refractivity contribution in [1.29, 1.82) is 0 Å². The standard InChI is InChI=1S/C17H13F4N5O/c18-10-5-17(6-10,11-3-1-2-4-12(11)19)24-16-22-7-9(8-23-16)14-25-26-15(27-14)13(20)21/h1-4,7-8,10,13H,5-6H2,(H,22,23,24). The van der Waals surface area contributed by atoms with Gasteiger partial charge in [-0.05, 0) is 6.07 Å². The molecule has 0 spiro atoms. The molecule has 1 saturated carbocycles. The molecule has 1 aromatic carbocycles. The molecule has 0 atom stereocenters. The number of benzene rings is 1. The van der Waals surface area contributed by atoms with Crippen LogP contribution in [0.15, 0.2) is 41.1 Å². The van der Waals surface area contributed by atoms with E-state index in [4.69, 9.17) is 4.42 Å². The van der Waals surface area contributed by atoms with E-state index in [1.807, 2.05) is 0 Å². The minimum Gasteiger partial charge on any atom is -0.415 e. The normalized spacial score (nSPS) is 21.9. The number of rotatable bonds is 5. The molecule has 1 fully saturated rings. The van der Waals surface area contributed by atoms with Gasteiger partial charge < -0.3 is 9.73 Å². The van der Waals surface area contributed by atoms with E-state index in [2.05, 4.69) is 25.5 Å². The van der Waals surface area contributed by atoms with Gasteiger partial charge in [0.25, 0.3) is 11.8 Å². The van der Waals surface area contributed by atoms with Crippen LogP contribution in [0.3, 0.4) is 0 Å². The maximum Gasteiger partial charge on any atom is 0.314 e. The Labute approximate surface area is 150 Å². The summed E-state index contributed by atoms with van der Waals surface area (Å²) >= 11 is 0. The highest BCUT2D eigenvalue weighted by Gasteiger charge is 2.48. The smallest absolute Gasteiger partial charge is 0.314 e. The molecule has 2 aromatic heterocycles. The number of hydrogen-bond donors (Lipinski definition) is 1. The Morgan fingerprint density at radius 2 is 1.81 bits per heavy atom. The Morgan fingerprint density at radius 3 is 2.41 bits per heavy atom. The molecule has 140 valence electrons. The Hall–Kier alpha value is -3.04. The van der Waals surface area contributed by atoms with Gasteiger partial charge in [0.05, 0.1) is 11.1 Å². The largest absolute Gasteiger partial charge is 0.415 e. The van der Waals surface area contributed by atoms with Crippen molar-refractivity contribution in [2.75, 3.05) is 5.32 Å². The summed E-state index contributed by atoms with van der Waals surface area (Å²) in [6.45, 7) is 0. The Bertz CT molecular complexity index is 941. The lowest BCUT2D eigenvalue weighted by molar-refractivity contribution is 0.111. The number of alkyl halides is 3. The SMILES string of the molecule is Fc1ccccc1C1(Nc2ncc(-c3nnc(C(F)F)o3)cn2)CC(F)C1. The Balaban J connectivity index is 1.57. The van der Waals surface area contributed by atoms with Crippen molar-refractivity contribution in [3.8, 4) is 11.5 Å². The number of nitrogens with zero attached hydrogens (tertiary/aromatic N) is 4. The van der Waals surface area contributed by atoms with Crippen LogP contribution in [0.4, 0.5) is 23.5 Å². The van der Waals surface area contributed by atoms with E-state index in [1.54, 1.807) is 18.2 Å². The fourth-order valence-corrected chi connectivity index (χ4v) is 3.09. The van der Waals surface area contributed by atoms with E-state index >= 15 is 0 Å². The van der Waals surface area contributed by atoms with E-state index in [1.165, 1.54) is 18.5 Å². The van der Waals surface area contributed by atoms with Gasteiger partial charge in [-0.1, -0.05) is 18.2 Å². The van der Waals surface area contributed by atoms with Crippen LogP contribution in [0.5, 0.6) is 0 Å². The molecule has 3 aromatic rings. The number of nitrogens with one attached hydrogen (secondary N) is 1. The third-order valence-corrected chi connectivity index (χ3v) is 4.41. The lowest BCUT2D eigenvalue weighted by Crippen LogP contribution is -2.49. The topological polar surface area (TPSA) is 76.7 Å². The third-order valence-electron chi connectivity index (χ3n) is 4.41. The molecule has 0 saturated heterocycles. The summed E-state index contributed by atoms with van der Waals surface area (Å²) in [5.74, 6) is -1.25. The maximum absolute atomic E-state index is 14.2. The number of hydrogen-bond acceptors (Lipinski definition) is 6. The van der Waals surface area contributed by atoms with E-state index in [0.717, 1.165) is 0 Å². The first kappa shape index (κ1) is 17.4. The van der Waals surface area contributed by atoms with E-state index in [0.29, 0.717) is 5.56 Å². The summed E-state index contributed by atoms with van der Waals surface area (Å²) in [6.07, 6.45) is -1.15. The minimum atomic E-state index is -2.87. The summed E-state index contributed by atoms with van der Waals surface area (Å²) in [5, 5.41) is 9.74.